The predicted octanol–water partition coefficient (Wildman–Crippen LogP) is 3.68. The summed E-state index contributed by atoms with van der Waals surface area (Å²) < 4.78 is 11.1. The first kappa shape index (κ1) is 13.5. The molecule has 3 heterocycles. The fourth-order valence-electron chi connectivity index (χ4n) is 3.18. The molecular weight excluding hydrogens is 278 g/mol. The van der Waals surface area contributed by atoms with Crippen molar-refractivity contribution in [2.75, 3.05) is 13.6 Å². The van der Waals surface area contributed by atoms with E-state index in [1.165, 1.54) is 0 Å². The Balaban J connectivity index is 1.64. The summed E-state index contributed by atoms with van der Waals surface area (Å²) >= 11 is 0. The molecule has 3 aromatic rings. The van der Waals surface area contributed by atoms with Gasteiger partial charge in [-0.25, -0.2) is 0 Å². The molecule has 1 aromatic carbocycles. The largest absolute Gasteiger partial charge is 0.464 e. The highest BCUT2D eigenvalue weighted by Gasteiger charge is 2.28. The van der Waals surface area contributed by atoms with Gasteiger partial charge < -0.3 is 13.8 Å². The van der Waals surface area contributed by atoms with E-state index in [0.717, 1.165) is 41.8 Å². The first-order chi connectivity index (χ1) is 10.7. The molecule has 0 spiro atoms. The van der Waals surface area contributed by atoms with E-state index in [0.29, 0.717) is 17.8 Å². The summed E-state index contributed by atoms with van der Waals surface area (Å²) in [5, 5.41) is 5.19. The topological polar surface area (TPSA) is 55.3 Å². The van der Waals surface area contributed by atoms with Crippen LogP contribution in [-0.2, 0) is 0 Å². The number of benzene rings is 1. The maximum Gasteiger partial charge on any atom is 0.230 e. The molecule has 0 saturated carbocycles. The Hall–Kier alpha value is -2.14. The molecule has 1 saturated heterocycles. The van der Waals surface area contributed by atoms with Gasteiger partial charge in [-0.15, -0.1) is 0 Å². The Morgan fingerprint density at radius 1 is 1.27 bits per heavy atom. The van der Waals surface area contributed by atoms with Crippen LogP contribution in [-0.4, -0.2) is 34.7 Å². The molecule has 1 aliphatic rings. The van der Waals surface area contributed by atoms with E-state index in [4.69, 9.17) is 8.94 Å². The van der Waals surface area contributed by atoms with Gasteiger partial charge in [0.05, 0.1) is 5.56 Å². The average molecular weight is 297 g/mol. The molecule has 1 fully saturated rings. The van der Waals surface area contributed by atoms with Crippen LogP contribution in [0.4, 0.5) is 0 Å². The molecule has 0 N–H and O–H groups in total. The monoisotopic (exact) mass is 297 g/mol. The van der Waals surface area contributed by atoms with Crippen molar-refractivity contribution in [3.8, 4) is 11.4 Å². The predicted molar refractivity (Wildman–Crippen MR) is 83.6 cm³/mol. The second-order valence-electron chi connectivity index (χ2n) is 6.15. The van der Waals surface area contributed by atoms with Gasteiger partial charge in [-0.05, 0) is 39.4 Å². The lowest BCUT2D eigenvalue weighted by Gasteiger charge is -2.33. The number of hydrogen-bond acceptors (Lipinski definition) is 5. The van der Waals surface area contributed by atoms with Gasteiger partial charge in [0.15, 0.2) is 0 Å². The summed E-state index contributed by atoms with van der Waals surface area (Å²) in [6, 6.07) is 8.45. The number of likely N-dealkylation sites (tertiary alicyclic amines) is 1. The Morgan fingerprint density at radius 2 is 2.14 bits per heavy atom. The van der Waals surface area contributed by atoms with Crippen LogP contribution in [0.3, 0.4) is 0 Å². The Labute approximate surface area is 128 Å². The van der Waals surface area contributed by atoms with Crippen molar-refractivity contribution in [2.24, 2.45) is 0 Å². The van der Waals surface area contributed by atoms with Gasteiger partial charge in [0.2, 0.25) is 11.7 Å². The van der Waals surface area contributed by atoms with E-state index in [9.17, 15) is 0 Å². The van der Waals surface area contributed by atoms with Gasteiger partial charge in [-0.1, -0.05) is 23.4 Å². The van der Waals surface area contributed by atoms with Crippen LogP contribution in [0.1, 0.15) is 31.6 Å². The first-order valence-electron chi connectivity index (χ1n) is 7.73. The quantitative estimate of drug-likeness (QED) is 0.722. The summed E-state index contributed by atoms with van der Waals surface area (Å²) in [5.41, 5.74) is 1.74. The highest BCUT2D eigenvalue weighted by Crippen LogP contribution is 2.33. The van der Waals surface area contributed by atoms with Gasteiger partial charge in [-0.2, -0.15) is 4.98 Å². The molecule has 1 aliphatic heterocycles. The molecule has 2 aromatic heterocycles. The maximum atomic E-state index is 5.56. The van der Waals surface area contributed by atoms with Crippen LogP contribution >= 0.6 is 0 Å². The SMILES string of the molecule is C[C@H]1C[C@@H](c2nc(-c3coc4ccccc34)no2)CCN1C. The number of para-hydroxylation sites is 1. The number of hydrogen-bond donors (Lipinski definition) is 0. The molecule has 0 unspecified atom stereocenters. The molecule has 0 amide bonds. The molecular formula is C17H19N3O2. The first-order valence-corrected chi connectivity index (χ1v) is 7.73. The van der Waals surface area contributed by atoms with Crippen molar-refractivity contribution < 1.29 is 8.94 Å². The van der Waals surface area contributed by atoms with Crippen molar-refractivity contribution in [1.82, 2.24) is 15.0 Å². The third-order valence-electron chi connectivity index (χ3n) is 4.72. The number of nitrogens with zero attached hydrogens (tertiary/aromatic N) is 3. The zero-order valence-corrected chi connectivity index (χ0v) is 12.8. The van der Waals surface area contributed by atoms with Crippen molar-refractivity contribution >= 4 is 11.0 Å². The minimum atomic E-state index is 0.352. The zero-order chi connectivity index (χ0) is 15.1. The lowest BCUT2D eigenvalue weighted by Crippen LogP contribution is -2.36. The van der Waals surface area contributed by atoms with Gasteiger partial charge in [-0.3, -0.25) is 0 Å². The van der Waals surface area contributed by atoms with E-state index >= 15 is 0 Å². The Kier molecular flexibility index (Phi) is 3.22. The molecule has 4 rings (SSSR count). The van der Waals surface area contributed by atoms with Crippen LogP contribution in [0.25, 0.3) is 22.4 Å². The van der Waals surface area contributed by atoms with E-state index in [1.54, 1.807) is 6.26 Å². The van der Waals surface area contributed by atoms with Crippen molar-refractivity contribution in [3.63, 3.8) is 0 Å². The third-order valence-corrected chi connectivity index (χ3v) is 4.72. The van der Waals surface area contributed by atoms with Crippen molar-refractivity contribution in [2.45, 2.75) is 31.7 Å². The van der Waals surface area contributed by atoms with Crippen molar-refractivity contribution in [3.05, 3.63) is 36.4 Å². The zero-order valence-electron chi connectivity index (χ0n) is 12.8. The van der Waals surface area contributed by atoms with Gasteiger partial charge >= 0.3 is 0 Å². The molecule has 2 atom stereocenters. The highest BCUT2D eigenvalue weighted by molar-refractivity contribution is 5.91. The highest BCUT2D eigenvalue weighted by atomic mass is 16.5. The summed E-state index contributed by atoms with van der Waals surface area (Å²) in [7, 11) is 2.16. The molecule has 114 valence electrons. The lowest BCUT2D eigenvalue weighted by molar-refractivity contribution is 0.166. The molecule has 5 heteroatoms. The van der Waals surface area contributed by atoms with Crippen LogP contribution in [0.2, 0.25) is 0 Å². The lowest BCUT2D eigenvalue weighted by atomic mass is 9.92. The normalized spacial score (nSPS) is 23.2. The van der Waals surface area contributed by atoms with E-state index in [-0.39, 0.29) is 0 Å². The second kappa shape index (κ2) is 5.25. The summed E-state index contributed by atoms with van der Waals surface area (Å²) in [5.74, 6) is 1.72. The molecule has 0 radical (unpaired) electrons. The number of fused-ring (bicyclic) bond motifs is 1. The smallest absolute Gasteiger partial charge is 0.230 e. The Bertz CT molecular complexity index is 792. The molecule has 22 heavy (non-hydrogen) atoms. The summed E-state index contributed by atoms with van der Waals surface area (Å²) in [6.07, 6.45) is 3.83. The fraction of sp³-hybridized carbons (Fsp3) is 0.412. The molecule has 5 nitrogen and oxygen atoms in total. The standard InChI is InChI=1S/C17H19N3O2/c1-11-9-12(7-8-20(11)2)17-18-16(19-22-17)14-10-21-15-6-4-3-5-13(14)15/h3-6,10-12H,7-9H2,1-2H3/t11-,12-/m0/s1. The fourth-order valence-corrected chi connectivity index (χ4v) is 3.18. The average Bonchev–Trinajstić information content (AvgIpc) is 3.16. The summed E-state index contributed by atoms with van der Waals surface area (Å²) in [4.78, 5) is 7.00. The minimum Gasteiger partial charge on any atom is -0.464 e. The van der Waals surface area contributed by atoms with Crippen LogP contribution in [0.15, 0.2) is 39.5 Å². The van der Waals surface area contributed by atoms with Crippen LogP contribution < -0.4 is 0 Å². The van der Waals surface area contributed by atoms with Gasteiger partial charge in [0, 0.05) is 17.3 Å². The minimum absolute atomic E-state index is 0.352. The number of piperidine rings is 1. The van der Waals surface area contributed by atoms with Crippen LogP contribution in [0, 0.1) is 0 Å². The Morgan fingerprint density at radius 3 is 3.00 bits per heavy atom. The van der Waals surface area contributed by atoms with Crippen LogP contribution in [0.5, 0.6) is 0 Å². The van der Waals surface area contributed by atoms with E-state index in [2.05, 4.69) is 29.0 Å². The third kappa shape index (κ3) is 2.22. The van der Waals surface area contributed by atoms with Gasteiger partial charge in [0.1, 0.15) is 11.8 Å². The van der Waals surface area contributed by atoms with E-state index < -0.39 is 0 Å². The number of aromatic nitrogens is 2. The molecule has 0 aliphatic carbocycles. The van der Waals surface area contributed by atoms with Gasteiger partial charge in [0.25, 0.3) is 0 Å². The number of furan rings is 1. The van der Waals surface area contributed by atoms with E-state index in [1.807, 2.05) is 24.3 Å². The van der Waals surface area contributed by atoms with Crippen molar-refractivity contribution in [1.29, 1.82) is 0 Å². The molecule has 0 bridgehead atoms. The number of rotatable bonds is 2. The second-order valence-corrected chi connectivity index (χ2v) is 6.15. The summed E-state index contributed by atoms with van der Waals surface area (Å²) in [6.45, 7) is 3.31. The maximum absolute atomic E-state index is 5.56.